The van der Waals surface area contributed by atoms with Crippen molar-refractivity contribution in [2.75, 3.05) is 26.2 Å². The van der Waals surface area contributed by atoms with E-state index < -0.39 is 0 Å². The summed E-state index contributed by atoms with van der Waals surface area (Å²) in [6.07, 6.45) is 2.97. The second-order valence-corrected chi connectivity index (χ2v) is 9.78. The van der Waals surface area contributed by atoms with Gasteiger partial charge in [0, 0.05) is 34.7 Å². The van der Waals surface area contributed by atoms with Gasteiger partial charge in [0.15, 0.2) is 0 Å². The maximum absolute atomic E-state index is 13.0. The number of halogens is 1. The Labute approximate surface area is 218 Å². The summed E-state index contributed by atoms with van der Waals surface area (Å²) in [5.41, 5.74) is 3.36. The van der Waals surface area contributed by atoms with Crippen LogP contribution in [0.2, 0.25) is 0 Å². The van der Waals surface area contributed by atoms with E-state index in [-0.39, 0.29) is 30.3 Å². The molecule has 0 saturated carbocycles. The van der Waals surface area contributed by atoms with E-state index in [1.807, 2.05) is 50.2 Å². The highest BCUT2D eigenvalue weighted by Gasteiger charge is 2.30. The zero-order valence-corrected chi connectivity index (χ0v) is 21.9. The summed E-state index contributed by atoms with van der Waals surface area (Å²) in [5.74, 6) is 0.277. The van der Waals surface area contributed by atoms with Gasteiger partial charge in [-0.1, -0.05) is 40.7 Å². The molecule has 0 aliphatic carbocycles. The highest BCUT2D eigenvalue weighted by Crippen LogP contribution is 2.26. The normalized spacial score (nSPS) is 13.2. The Morgan fingerprint density at radius 1 is 1.17 bits per heavy atom. The number of ether oxygens (including phenoxy) is 1. The van der Waals surface area contributed by atoms with Crippen LogP contribution in [-0.4, -0.2) is 59.5 Å². The Bertz CT molecular complexity index is 1310. The number of nitrogens with zero attached hydrogens (tertiary/aromatic N) is 2. The summed E-state index contributed by atoms with van der Waals surface area (Å²) in [5, 5.41) is 6.61. The van der Waals surface area contributed by atoms with Gasteiger partial charge in [-0.3, -0.25) is 14.4 Å². The molecule has 3 aromatic rings. The Morgan fingerprint density at radius 3 is 2.58 bits per heavy atom. The summed E-state index contributed by atoms with van der Waals surface area (Å²) >= 11 is 3.47. The summed E-state index contributed by atoms with van der Waals surface area (Å²) in [6.45, 7) is 9.14. The van der Waals surface area contributed by atoms with Gasteiger partial charge < -0.3 is 24.8 Å². The van der Waals surface area contributed by atoms with Crippen LogP contribution in [-0.2, 0) is 16.1 Å². The van der Waals surface area contributed by atoms with E-state index in [9.17, 15) is 14.4 Å². The van der Waals surface area contributed by atoms with E-state index in [1.54, 1.807) is 15.7 Å². The maximum atomic E-state index is 13.0. The average Bonchev–Trinajstić information content (AvgIpc) is 3.16. The second-order valence-electron chi connectivity index (χ2n) is 8.87. The summed E-state index contributed by atoms with van der Waals surface area (Å²) in [7, 11) is 0. The maximum Gasteiger partial charge on any atom is 0.253 e. The quantitative estimate of drug-likeness (QED) is 0.314. The molecule has 8 nitrogen and oxygen atoms in total. The number of para-hydroxylation sites is 1. The van der Waals surface area contributed by atoms with Crippen LogP contribution in [0.25, 0.3) is 10.9 Å². The molecule has 9 heteroatoms. The minimum atomic E-state index is -0.236. The van der Waals surface area contributed by atoms with E-state index in [0.29, 0.717) is 31.8 Å². The van der Waals surface area contributed by atoms with Crippen molar-refractivity contribution >= 4 is 44.6 Å². The largest absolute Gasteiger partial charge is 0.491 e. The molecule has 0 spiro atoms. The Hall–Kier alpha value is -3.59. The number of hydrogen-bond donors (Lipinski definition) is 2. The van der Waals surface area contributed by atoms with E-state index in [1.165, 1.54) is 6.08 Å². The first-order valence-corrected chi connectivity index (χ1v) is 12.5. The summed E-state index contributed by atoms with van der Waals surface area (Å²) < 4.78 is 8.50. The molecule has 3 amide bonds. The molecular weight excluding hydrogens is 524 g/mol. The molecule has 1 fully saturated rings. The zero-order valence-electron chi connectivity index (χ0n) is 20.3. The van der Waals surface area contributed by atoms with Crippen molar-refractivity contribution in [2.45, 2.75) is 26.4 Å². The van der Waals surface area contributed by atoms with E-state index in [2.05, 4.69) is 33.1 Å². The van der Waals surface area contributed by atoms with Crippen LogP contribution in [0.1, 0.15) is 21.5 Å². The number of benzene rings is 2. The summed E-state index contributed by atoms with van der Waals surface area (Å²) in [4.78, 5) is 38.9. The predicted octanol–water partition coefficient (Wildman–Crippen LogP) is 3.34. The lowest BCUT2D eigenvalue weighted by Crippen LogP contribution is -2.61. The molecule has 0 unspecified atom stereocenters. The lowest BCUT2D eigenvalue weighted by molar-refractivity contribution is -0.133. The molecule has 1 saturated heterocycles. The standard InChI is InChI=1S/C27H29BrN4O4/c1-4-25(34)32-13-20(14-32)30-24(33)16-31-15-22(21-12-19(28)8-9-23(21)31)27(35)29-10-11-36-26-17(2)6-5-7-18(26)3/h4-9,12,15,20H,1,10-11,13-14,16H2,2-3H3,(H,29,35)(H,30,33). The minimum absolute atomic E-state index is 0.0625. The number of carbonyl (C=O) groups excluding carboxylic acids is 3. The van der Waals surface area contributed by atoms with Gasteiger partial charge in [0.05, 0.1) is 18.2 Å². The van der Waals surface area contributed by atoms with Crippen molar-refractivity contribution < 1.29 is 19.1 Å². The van der Waals surface area contributed by atoms with E-state index in [4.69, 9.17) is 4.74 Å². The lowest BCUT2D eigenvalue weighted by Gasteiger charge is -2.38. The molecule has 2 heterocycles. The number of likely N-dealkylation sites (tertiary alicyclic amines) is 1. The summed E-state index contributed by atoms with van der Waals surface area (Å²) in [6, 6.07) is 11.5. The van der Waals surface area contributed by atoms with Crippen LogP contribution in [0.4, 0.5) is 0 Å². The Kier molecular flexibility index (Phi) is 7.79. The third kappa shape index (κ3) is 5.62. The van der Waals surface area contributed by atoms with Crippen LogP contribution < -0.4 is 15.4 Å². The third-order valence-electron chi connectivity index (χ3n) is 6.18. The van der Waals surface area contributed by atoms with Gasteiger partial charge in [-0.2, -0.15) is 0 Å². The smallest absolute Gasteiger partial charge is 0.253 e. The number of nitrogens with one attached hydrogen (secondary N) is 2. The molecule has 1 aliphatic heterocycles. The molecule has 0 bridgehead atoms. The first-order valence-electron chi connectivity index (χ1n) is 11.7. The Balaban J connectivity index is 1.39. The fourth-order valence-corrected chi connectivity index (χ4v) is 4.69. The van der Waals surface area contributed by atoms with Crippen LogP contribution in [0.15, 0.2) is 59.7 Å². The van der Waals surface area contributed by atoms with Gasteiger partial charge in [0.2, 0.25) is 11.8 Å². The monoisotopic (exact) mass is 552 g/mol. The highest BCUT2D eigenvalue weighted by atomic mass is 79.9. The van der Waals surface area contributed by atoms with Crippen molar-refractivity contribution in [3.8, 4) is 5.75 Å². The first kappa shape index (κ1) is 25.5. The van der Waals surface area contributed by atoms with Crippen molar-refractivity contribution in [2.24, 2.45) is 0 Å². The van der Waals surface area contributed by atoms with Gasteiger partial charge in [0.25, 0.3) is 5.91 Å². The predicted molar refractivity (Wildman–Crippen MR) is 142 cm³/mol. The molecule has 36 heavy (non-hydrogen) atoms. The number of fused-ring (bicyclic) bond motifs is 1. The number of amides is 3. The molecule has 1 aromatic heterocycles. The Morgan fingerprint density at radius 2 is 1.89 bits per heavy atom. The first-order chi connectivity index (χ1) is 17.3. The van der Waals surface area contributed by atoms with Crippen molar-refractivity contribution in [1.82, 2.24) is 20.1 Å². The van der Waals surface area contributed by atoms with Crippen molar-refractivity contribution in [1.29, 1.82) is 0 Å². The molecule has 188 valence electrons. The van der Waals surface area contributed by atoms with Crippen molar-refractivity contribution in [3.63, 3.8) is 0 Å². The number of aryl methyl sites for hydroxylation is 2. The number of hydrogen-bond acceptors (Lipinski definition) is 4. The fourth-order valence-electron chi connectivity index (χ4n) is 4.33. The number of aromatic nitrogens is 1. The van der Waals surface area contributed by atoms with Crippen LogP contribution in [0.5, 0.6) is 5.75 Å². The van der Waals surface area contributed by atoms with Gasteiger partial charge in [-0.15, -0.1) is 0 Å². The van der Waals surface area contributed by atoms with Gasteiger partial charge in [-0.05, 0) is 49.2 Å². The van der Waals surface area contributed by atoms with E-state index in [0.717, 1.165) is 32.3 Å². The van der Waals surface area contributed by atoms with Gasteiger partial charge >= 0.3 is 0 Å². The molecule has 2 N–H and O–H groups in total. The highest BCUT2D eigenvalue weighted by molar-refractivity contribution is 9.10. The average molecular weight is 553 g/mol. The minimum Gasteiger partial charge on any atom is -0.491 e. The number of carbonyl (C=O) groups is 3. The fraction of sp³-hybridized carbons (Fsp3) is 0.296. The molecule has 2 aromatic carbocycles. The molecule has 1 aliphatic rings. The van der Waals surface area contributed by atoms with Crippen LogP contribution in [0.3, 0.4) is 0 Å². The topological polar surface area (TPSA) is 92.7 Å². The molecule has 0 atom stereocenters. The SMILES string of the molecule is C=CC(=O)N1CC(NC(=O)Cn2cc(C(=O)NCCOc3c(C)cccc3C)c3cc(Br)ccc32)C1. The van der Waals surface area contributed by atoms with Crippen LogP contribution >= 0.6 is 15.9 Å². The third-order valence-corrected chi connectivity index (χ3v) is 6.67. The van der Waals surface area contributed by atoms with Crippen LogP contribution in [0, 0.1) is 13.8 Å². The second kappa shape index (κ2) is 11.0. The van der Waals surface area contributed by atoms with E-state index >= 15 is 0 Å². The van der Waals surface area contributed by atoms with Crippen molar-refractivity contribution in [3.05, 3.63) is 76.4 Å². The molecule has 4 rings (SSSR count). The molecule has 0 radical (unpaired) electrons. The van der Waals surface area contributed by atoms with Gasteiger partial charge in [-0.25, -0.2) is 0 Å². The zero-order chi connectivity index (χ0) is 25.8. The molecular formula is C27H29BrN4O4. The lowest BCUT2D eigenvalue weighted by atomic mass is 10.1. The van der Waals surface area contributed by atoms with Gasteiger partial charge in [0.1, 0.15) is 18.9 Å². The number of rotatable bonds is 9.